The van der Waals surface area contributed by atoms with E-state index in [1.165, 1.54) is 13.1 Å². The fourth-order valence-corrected chi connectivity index (χ4v) is 0.553. The normalized spacial score (nSPS) is 9.40. The molecule has 0 radical (unpaired) electrons. The van der Waals surface area contributed by atoms with E-state index in [1.54, 1.807) is 0 Å². The number of carbonyl (C=O) groups excluding carboxylic acids is 1. The van der Waals surface area contributed by atoms with Crippen molar-refractivity contribution in [1.82, 2.24) is 4.98 Å². The molecule has 0 saturated heterocycles. The summed E-state index contributed by atoms with van der Waals surface area (Å²) in [5.74, 6) is -0.453. The molecule has 0 aliphatic heterocycles. The number of esters is 1. The summed E-state index contributed by atoms with van der Waals surface area (Å²) in [5, 5.41) is -0.0451. The Balaban J connectivity index is 2.67. The summed E-state index contributed by atoms with van der Waals surface area (Å²) in [6.07, 6.45) is 1.23. The molecule has 0 bridgehead atoms. The van der Waals surface area contributed by atoms with E-state index in [2.05, 4.69) is 14.1 Å². The summed E-state index contributed by atoms with van der Waals surface area (Å²) >= 11 is 5.27. The third-order valence-corrected chi connectivity index (χ3v) is 0.875. The molecule has 54 valence electrons. The fraction of sp³-hybridized carbons (Fsp3) is 0.200. The van der Waals surface area contributed by atoms with Crippen molar-refractivity contribution in [1.29, 1.82) is 0 Å². The van der Waals surface area contributed by atoms with Crippen molar-refractivity contribution in [3.8, 4) is 5.95 Å². The molecule has 0 atom stereocenters. The number of hydrogen-bond donors (Lipinski definition) is 0. The zero-order valence-electron chi connectivity index (χ0n) is 5.13. The van der Waals surface area contributed by atoms with Crippen LogP contribution in [0.15, 0.2) is 10.6 Å². The third kappa shape index (κ3) is 1.73. The van der Waals surface area contributed by atoms with Crippen LogP contribution in [0, 0.1) is 0 Å². The van der Waals surface area contributed by atoms with Gasteiger partial charge in [-0.2, -0.15) is 0 Å². The van der Waals surface area contributed by atoms with Gasteiger partial charge in [0.15, 0.2) is 0 Å². The van der Waals surface area contributed by atoms with Crippen molar-refractivity contribution in [2.24, 2.45) is 0 Å². The van der Waals surface area contributed by atoms with E-state index in [0.29, 0.717) is 0 Å². The molecule has 1 heterocycles. The highest BCUT2D eigenvalue weighted by molar-refractivity contribution is 6.27. The summed E-state index contributed by atoms with van der Waals surface area (Å²) in [5.41, 5.74) is 0. The summed E-state index contributed by atoms with van der Waals surface area (Å²) in [7, 11) is 0. The topological polar surface area (TPSA) is 52.3 Å². The number of oxazole rings is 1. The van der Waals surface area contributed by atoms with Crippen LogP contribution in [0.1, 0.15) is 6.92 Å². The number of halogens is 1. The first kappa shape index (κ1) is 7.08. The van der Waals surface area contributed by atoms with Crippen LogP contribution < -0.4 is 4.74 Å². The molecule has 0 saturated carbocycles. The van der Waals surface area contributed by atoms with Crippen molar-refractivity contribution >= 4 is 17.6 Å². The van der Waals surface area contributed by atoms with Gasteiger partial charge in [-0.25, -0.2) is 4.98 Å². The lowest BCUT2D eigenvalue weighted by Gasteiger charge is -1.90. The highest BCUT2D eigenvalue weighted by Gasteiger charge is 2.03. The first-order valence-corrected chi connectivity index (χ1v) is 2.86. The van der Waals surface area contributed by atoms with E-state index in [-0.39, 0.29) is 11.3 Å². The number of rotatable bonds is 1. The Labute approximate surface area is 61.8 Å². The van der Waals surface area contributed by atoms with Gasteiger partial charge in [-0.3, -0.25) is 4.79 Å². The second-order valence-corrected chi connectivity index (χ2v) is 1.85. The van der Waals surface area contributed by atoms with E-state index in [4.69, 9.17) is 11.6 Å². The van der Waals surface area contributed by atoms with E-state index >= 15 is 0 Å². The number of carbonyl (C=O) groups is 1. The van der Waals surface area contributed by atoms with Gasteiger partial charge in [-0.05, 0) is 11.6 Å². The van der Waals surface area contributed by atoms with Gasteiger partial charge in [0.1, 0.15) is 6.20 Å². The second kappa shape index (κ2) is 2.70. The molecule has 0 N–H and O–H groups in total. The quantitative estimate of drug-likeness (QED) is 0.582. The van der Waals surface area contributed by atoms with E-state index in [1.807, 2.05) is 0 Å². The molecule has 0 aliphatic rings. The largest absolute Gasteiger partial charge is 0.395 e. The standard InChI is InChI=1S/C5H4ClNO3/c1-3(8)9-4-2-7-5(6)10-4/h2H,1H3. The second-order valence-electron chi connectivity index (χ2n) is 1.53. The van der Waals surface area contributed by atoms with Gasteiger partial charge >= 0.3 is 11.9 Å². The summed E-state index contributed by atoms with van der Waals surface area (Å²) in [6, 6.07) is 0. The van der Waals surface area contributed by atoms with Crippen LogP contribution in [0.5, 0.6) is 5.95 Å². The average Bonchev–Trinajstić information content (AvgIpc) is 2.13. The zero-order chi connectivity index (χ0) is 7.56. The van der Waals surface area contributed by atoms with Crippen LogP contribution in [0.2, 0.25) is 5.35 Å². The zero-order valence-corrected chi connectivity index (χ0v) is 5.88. The maximum Gasteiger partial charge on any atom is 0.313 e. The first-order valence-electron chi connectivity index (χ1n) is 2.48. The molecule has 0 aromatic carbocycles. The van der Waals surface area contributed by atoms with Crippen LogP contribution in [-0.2, 0) is 4.79 Å². The Hall–Kier alpha value is -1.03. The molecule has 0 fully saturated rings. The van der Waals surface area contributed by atoms with Gasteiger partial charge in [-0.15, -0.1) is 0 Å². The van der Waals surface area contributed by atoms with Crippen molar-refractivity contribution in [3.05, 3.63) is 11.5 Å². The van der Waals surface area contributed by atoms with Gasteiger partial charge in [0.2, 0.25) is 0 Å². The van der Waals surface area contributed by atoms with Crippen molar-refractivity contribution in [3.63, 3.8) is 0 Å². The molecular formula is C5H4ClNO3. The molecule has 1 aromatic heterocycles. The predicted molar refractivity (Wildman–Crippen MR) is 32.8 cm³/mol. The lowest BCUT2D eigenvalue weighted by molar-refractivity contribution is -0.133. The maximum atomic E-state index is 10.3. The van der Waals surface area contributed by atoms with Gasteiger partial charge in [0, 0.05) is 6.92 Å². The minimum atomic E-state index is -0.465. The third-order valence-electron chi connectivity index (χ3n) is 0.701. The summed E-state index contributed by atoms with van der Waals surface area (Å²) < 4.78 is 9.09. The maximum absolute atomic E-state index is 10.3. The van der Waals surface area contributed by atoms with E-state index in [9.17, 15) is 4.79 Å². The highest BCUT2D eigenvalue weighted by atomic mass is 35.5. The molecule has 0 amide bonds. The summed E-state index contributed by atoms with van der Waals surface area (Å²) in [6.45, 7) is 1.26. The minimum Gasteiger partial charge on any atom is -0.395 e. The van der Waals surface area contributed by atoms with Gasteiger partial charge in [0.25, 0.3) is 5.35 Å². The van der Waals surface area contributed by atoms with Crippen LogP contribution in [0.3, 0.4) is 0 Å². The molecule has 5 heteroatoms. The van der Waals surface area contributed by atoms with Crippen LogP contribution in [0.25, 0.3) is 0 Å². The Bertz CT molecular complexity index is 245. The van der Waals surface area contributed by atoms with Crippen LogP contribution in [-0.4, -0.2) is 11.0 Å². The Morgan fingerprint density at radius 1 is 1.90 bits per heavy atom. The highest BCUT2D eigenvalue weighted by Crippen LogP contribution is 2.15. The van der Waals surface area contributed by atoms with E-state index < -0.39 is 5.97 Å². The minimum absolute atomic E-state index is 0.0116. The Kier molecular flexibility index (Phi) is 1.91. The molecule has 1 aromatic rings. The lowest BCUT2D eigenvalue weighted by atomic mass is 10.8. The Morgan fingerprint density at radius 3 is 3.00 bits per heavy atom. The molecule has 0 unspecified atom stereocenters. The van der Waals surface area contributed by atoms with Crippen molar-refractivity contribution in [2.75, 3.05) is 0 Å². The molecular weight excluding hydrogens is 158 g/mol. The van der Waals surface area contributed by atoms with E-state index in [0.717, 1.165) is 0 Å². The first-order chi connectivity index (χ1) is 4.68. The van der Waals surface area contributed by atoms with Gasteiger partial charge in [0.05, 0.1) is 0 Å². The van der Waals surface area contributed by atoms with Gasteiger partial charge in [-0.1, -0.05) is 0 Å². The van der Waals surface area contributed by atoms with Gasteiger partial charge < -0.3 is 9.15 Å². The van der Waals surface area contributed by atoms with Crippen LogP contribution >= 0.6 is 11.6 Å². The number of ether oxygens (including phenoxy) is 1. The smallest absolute Gasteiger partial charge is 0.313 e. The SMILES string of the molecule is CC(=O)Oc1cnc(Cl)o1. The predicted octanol–water partition coefficient (Wildman–Crippen LogP) is 1.25. The molecule has 0 aliphatic carbocycles. The summed E-state index contributed by atoms with van der Waals surface area (Å²) in [4.78, 5) is 13.8. The molecule has 10 heavy (non-hydrogen) atoms. The lowest BCUT2D eigenvalue weighted by Crippen LogP contribution is -1.99. The number of nitrogens with zero attached hydrogens (tertiary/aromatic N) is 1. The van der Waals surface area contributed by atoms with Crippen LogP contribution in [0.4, 0.5) is 0 Å². The average molecular weight is 162 g/mol. The molecule has 1 rings (SSSR count). The van der Waals surface area contributed by atoms with Crippen molar-refractivity contribution in [2.45, 2.75) is 6.92 Å². The number of aromatic nitrogens is 1. The molecule has 4 nitrogen and oxygen atoms in total. The fourth-order valence-electron chi connectivity index (χ4n) is 0.428. The Morgan fingerprint density at radius 2 is 2.60 bits per heavy atom. The molecule has 0 spiro atoms. The monoisotopic (exact) mass is 161 g/mol. The number of hydrogen-bond acceptors (Lipinski definition) is 4. The van der Waals surface area contributed by atoms with Crippen molar-refractivity contribution < 1.29 is 13.9 Å².